The molecule has 0 amide bonds. The van der Waals surface area contributed by atoms with Crippen LogP contribution in [0.5, 0.6) is 0 Å². The average Bonchev–Trinajstić information content (AvgIpc) is 2.20. The van der Waals surface area contributed by atoms with Crippen molar-refractivity contribution in [2.75, 3.05) is 13.1 Å². The molecular formula is C11H14BrN. The molecule has 1 aliphatic rings. The lowest BCUT2D eigenvalue weighted by atomic mass is 9.90. The van der Waals surface area contributed by atoms with Gasteiger partial charge in [-0.3, -0.25) is 0 Å². The SMILES string of the molecule is BrN1CCC(c2ccccc2)CC1. The molecule has 2 rings (SSSR count). The molecule has 1 fully saturated rings. The molecule has 1 heterocycles. The molecule has 0 N–H and O–H groups in total. The summed E-state index contributed by atoms with van der Waals surface area (Å²) in [6.07, 6.45) is 2.55. The molecule has 0 radical (unpaired) electrons. The zero-order valence-corrected chi connectivity index (χ0v) is 9.20. The predicted octanol–water partition coefficient (Wildman–Crippen LogP) is 3.18. The standard InChI is InChI=1S/C11H14BrN/c12-13-8-6-11(7-9-13)10-4-2-1-3-5-10/h1-5,11H,6-9H2. The summed E-state index contributed by atoms with van der Waals surface area (Å²) < 4.78 is 2.23. The number of rotatable bonds is 1. The Bertz CT molecular complexity index is 252. The first-order chi connectivity index (χ1) is 6.36. The van der Waals surface area contributed by atoms with E-state index in [0.29, 0.717) is 0 Å². The van der Waals surface area contributed by atoms with Gasteiger partial charge in [-0.25, -0.2) is 3.93 Å². The van der Waals surface area contributed by atoms with E-state index in [1.165, 1.54) is 31.5 Å². The number of halogens is 1. The van der Waals surface area contributed by atoms with Crippen LogP contribution < -0.4 is 0 Å². The molecule has 0 unspecified atom stereocenters. The quantitative estimate of drug-likeness (QED) is 0.681. The van der Waals surface area contributed by atoms with E-state index in [2.05, 4.69) is 50.4 Å². The molecule has 0 aliphatic carbocycles. The van der Waals surface area contributed by atoms with E-state index in [0.717, 1.165) is 5.92 Å². The van der Waals surface area contributed by atoms with Gasteiger partial charge >= 0.3 is 0 Å². The summed E-state index contributed by atoms with van der Waals surface area (Å²) in [5.41, 5.74) is 1.50. The van der Waals surface area contributed by atoms with Crippen LogP contribution >= 0.6 is 16.1 Å². The minimum atomic E-state index is 0.773. The second-order valence-electron chi connectivity index (χ2n) is 3.59. The van der Waals surface area contributed by atoms with Gasteiger partial charge in [0.25, 0.3) is 0 Å². The summed E-state index contributed by atoms with van der Waals surface area (Å²) in [6, 6.07) is 10.8. The Balaban J connectivity index is 2.03. The number of hydrogen-bond acceptors (Lipinski definition) is 1. The van der Waals surface area contributed by atoms with Crippen molar-refractivity contribution in [3.63, 3.8) is 0 Å². The normalized spacial score (nSPS) is 20.4. The highest BCUT2D eigenvalue weighted by Gasteiger charge is 2.18. The van der Waals surface area contributed by atoms with Gasteiger partial charge in [-0.15, -0.1) is 0 Å². The average molecular weight is 240 g/mol. The molecule has 0 bridgehead atoms. The molecular weight excluding hydrogens is 226 g/mol. The topological polar surface area (TPSA) is 3.24 Å². The van der Waals surface area contributed by atoms with Crippen LogP contribution in [-0.4, -0.2) is 17.0 Å². The third kappa shape index (κ3) is 2.32. The zero-order chi connectivity index (χ0) is 9.10. The van der Waals surface area contributed by atoms with Gasteiger partial charge in [0.1, 0.15) is 0 Å². The predicted molar refractivity (Wildman–Crippen MR) is 58.9 cm³/mol. The molecule has 1 aliphatic heterocycles. The maximum Gasteiger partial charge on any atom is 0.0120 e. The van der Waals surface area contributed by atoms with Crippen molar-refractivity contribution in [1.82, 2.24) is 3.93 Å². The molecule has 0 atom stereocenters. The molecule has 0 saturated carbocycles. The van der Waals surface area contributed by atoms with E-state index in [4.69, 9.17) is 0 Å². The van der Waals surface area contributed by atoms with E-state index in [1.807, 2.05) is 0 Å². The maximum atomic E-state index is 3.52. The number of nitrogens with zero attached hydrogens (tertiary/aromatic N) is 1. The van der Waals surface area contributed by atoms with Crippen LogP contribution in [0.4, 0.5) is 0 Å². The van der Waals surface area contributed by atoms with Gasteiger partial charge in [-0.05, 0) is 24.3 Å². The molecule has 1 nitrogen and oxygen atoms in total. The van der Waals surface area contributed by atoms with E-state index in [9.17, 15) is 0 Å². The van der Waals surface area contributed by atoms with Gasteiger partial charge in [-0.1, -0.05) is 30.3 Å². The first-order valence-corrected chi connectivity index (χ1v) is 5.53. The van der Waals surface area contributed by atoms with E-state index < -0.39 is 0 Å². The fourth-order valence-electron chi connectivity index (χ4n) is 1.91. The first kappa shape index (κ1) is 9.22. The number of hydrogen-bond donors (Lipinski definition) is 0. The fraction of sp³-hybridized carbons (Fsp3) is 0.455. The summed E-state index contributed by atoms with van der Waals surface area (Å²) in [6.45, 7) is 2.33. The largest absolute Gasteiger partial charge is 0.242 e. The summed E-state index contributed by atoms with van der Waals surface area (Å²) in [4.78, 5) is 0. The maximum absolute atomic E-state index is 3.52. The second-order valence-corrected chi connectivity index (χ2v) is 4.60. The Kier molecular flexibility index (Phi) is 3.01. The second kappa shape index (κ2) is 4.25. The van der Waals surface area contributed by atoms with Crippen LogP contribution in [-0.2, 0) is 0 Å². The Morgan fingerprint density at radius 3 is 2.31 bits per heavy atom. The van der Waals surface area contributed by atoms with E-state index in [-0.39, 0.29) is 0 Å². The molecule has 70 valence electrons. The highest BCUT2D eigenvalue weighted by molar-refractivity contribution is 9.07. The van der Waals surface area contributed by atoms with Crippen LogP contribution in [0.25, 0.3) is 0 Å². The highest BCUT2D eigenvalue weighted by Crippen LogP contribution is 2.28. The third-order valence-corrected chi connectivity index (χ3v) is 3.42. The molecule has 2 heteroatoms. The minimum absolute atomic E-state index is 0.773. The number of benzene rings is 1. The van der Waals surface area contributed by atoms with Crippen molar-refractivity contribution in [2.24, 2.45) is 0 Å². The monoisotopic (exact) mass is 239 g/mol. The Hall–Kier alpha value is -0.340. The molecule has 1 aromatic carbocycles. The minimum Gasteiger partial charge on any atom is -0.242 e. The molecule has 1 aromatic rings. The van der Waals surface area contributed by atoms with Gasteiger partial charge in [0.2, 0.25) is 0 Å². The van der Waals surface area contributed by atoms with Crippen molar-refractivity contribution >= 4 is 16.1 Å². The molecule has 1 saturated heterocycles. The first-order valence-electron chi connectivity index (χ1n) is 4.82. The van der Waals surface area contributed by atoms with Gasteiger partial charge in [0.15, 0.2) is 0 Å². The summed E-state index contributed by atoms with van der Waals surface area (Å²) in [5, 5.41) is 0. The van der Waals surface area contributed by atoms with Crippen molar-refractivity contribution < 1.29 is 0 Å². The Labute approximate surface area is 88.1 Å². The highest BCUT2D eigenvalue weighted by atomic mass is 79.9. The van der Waals surface area contributed by atoms with Crippen molar-refractivity contribution in [1.29, 1.82) is 0 Å². The van der Waals surface area contributed by atoms with Crippen LogP contribution in [0.2, 0.25) is 0 Å². The van der Waals surface area contributed by atoms with Gasteiger partial charge in [0, 0.05) is 29.2 Å². The third-order valence-electron chi connectivity index (χ3n) is 2.71. The van der Waals surface area contributed by atoms with Crippen LogP contribution in [0.1, 0.15) is 24.3 Å². The molecule has 13 heavy (non-hydrogen) atoms. The van der Waals surface area contributed by atoms with Crippen molar-refractivity contribution in [2.45, 2.75) is 18.8 Å². The van der Waals surface area contributed by atoms with Crippen LogP contribution in [0.3, 0.4) is 0 Å². The summed E-state index contributed by atoms with van der Waals surface area (Å²) in [5.74, 6) is 0.773. The molecule has 0 aromatic heterocycles. The van der Waals surface area contributed by atoms with Crippen molar-refractivity contribution in [3.05, 3.63) is 35.9 Å². The van der Waals surface area contributed by atoms with Crippen molar-refractivity contribution in [3.8, 4) is 0 Å². The van der Waals surface area contributed by atoms with E-state index >= 15 is 0 Å². The van der Waals surface area contributed by atoms with Crippen LogP contribution in [0.15, 0.2) is 30.3 Å². The zero-order valence-electron chi connectivity index (χ0n) is 7.62. The van der Waals surface area contributed by atoms with E-state index in [1.54, 1.807) is 0 Å². The Morgan fingerprint density at radius 1 is 1.08 bits per heavy atom. The van der Waals surface area contributed by atoms with Crippen LogP contribution in [0, 0.1) is 0 Å². The van der Waals surface area contributed by atoms with Gasteiger partial charge in [-0.2, -0.15) is 0 Å². The lowest BCUT2D eigenvalue weighted by Gasteiger charge is -2.27. The number of piperidine rings is 1. The summed E-state index contributed by atoms with van der Waals surface area (Å²) >= 11 is 3.52. The molecule has 0 spiro atoms. The smallest absolute Gasteiger partial charge is 0.0120 e. The fourth-order valence-corrected chi connectivity index (χ4v) is 2.32. The van der Waals surface area contributed by atoms with Gasteiger partial charge in [0.05, 0.1) is 0 Å². The lowest BCUT2D eigenvalue weighted by Crippen LogP contribution is -2.24. The van der Waals surface area contributed by atoms with Gasteiger partial charge < -0.3 is 0 Å². The summed E-state index contributed by atoms with van der Waals surface area (Å²) in [7, 11) is 0. The Morgan fingerprint density at radius 2 is 1.69 bits per heavy atom. The lowest BCUT2D eigenvalue weighted by molar-refractivity contribution is 0.356.